The third kappa shape index (κ3) is 2.13. The quantitative estimate of drug-likeness (QED) is 0.570. The Morgan fingerprint density at radius 2 is 1.56 bits per heavy atom. The Bertz CT molecular complexity index is 1020. The predicted molar refractivity (Wildman–Crippen MR) is 87.8 cm³/mol. The number of fused-ring (bicyclic) bond motifs is 2. The molecule has 0 aliphatic heterocycles. The van der Waals surface area contributed by atoms with Gasteiger partial charge in [0, 0.05) is 17.2 Å². The van der Waals surface area contributed by atoms with Gasteiger partial charge in [-0.1, -0.05) is 29.5 Å². The Morgan fingerprint density at radius 3 is 2.24 bits per heavy atom. The van der Waals surface area contributed by atoms with E-state index in [0.717, 1.165) is 0 Å². The maximum absolute atomic E-state index is 12.9. The monoisotopic (exact) mass is 335 g/mol. The van der Waals surface area contributed by atoms with E-state index in [1.165, 1.54) is 18.9 Å². The van der Waals surface area contributed by atoms with Gasteiger partial charge in [-0.2, -0.15) is 0 Å². The lowest BCUT2D eigenvalue weighted by Crippen LogP contribution is -2.23. The molecular weight excluding hydrogens is 322 g/mol. The molecule has 0 fully saturated rings. The molecule has 25 heavy (non-hydrogen) atoms. The first-order chi connectivity index (χ1) is 12.2. The molecular formula is C18H13N3O4. The fourth-order valence-electron chi connectivity index (χ4n) is 2.91. The summed E-state index contributed by atoms with van der Waals surface area (Å²) in [5, 5.41) is 7.94. The molecule has 0 bridgehead atoms. The standard InChI is InChI=1S/C18H13N3O4/c1-24-13-8-7-10(9-14(13)25-2)21-16-15(19-20-21)17(22)11-5-3-4-6-12(11)18(16)23/h3-9H,1-2H3. The lowest BCUT2D eigenvalue weighted by Gasteiger charge is -2.15. The first-order valence-electron chi connectivity index (χ1n) is 7.52. The van der Waals surface area contributed by atoms with Gasteiger partial charge in [-0.05, 0) is 12.1 Å². The van der Waals surface area contributed by atoms with Gasteiger partial charge >= 0.3 is 0 Å². The smallest absolute Gasteiger partial charge is 0.216 e. The SMILES string of the molecule is COc1ccc(-n2nnc3c2C(=O)c2ccccc2C3=O)cc1OC. The highest BCUT2D eigenvalue weighted by molar-refractivity contribution is 6.27. The highest BCUT2D eigenvalue weighted by Gasteiger charge is 2.35. The lowest BCUT2D eigenvalue weighted by molar-refractivity contribution is 0.0972. The van der Waals surface area contributed by atoms with E-state index >= 15 is 0 Å². The van der Waals surface area contributed by atoms with Crippen LogP contribution in [0.15, 0.2) is 42.5 Å². The molecule has 0 amide bonds. The Labute approximate surface area is 142 Å². The van der Waals surface area contributed by atoms with Crippen LogP contribution in [0.1, 0.15) is 32.1 Å². The molecule has 2 aromatic carbocycles. The molecule has 1 aliphatic rings. The van der Waals surface area contributed by atoms with Crippen LogP contribution in [-0.4, -0.2) is 40.8 Å². The molecule has 7 heteroatoms. The van der Waals surface area contributed by atoms with Crippen LogP contribution in [0, 0.1) is 0 Å². The number of benzene rings is 2. The first-order valence-corrected chi connectivity index (χ1v) is 7.52. The van der Waals surface area contributed by atoms with Crippen LogP contribution >= 0.6 is 0 Å². The summed E-state index contributed by atoms with van der Waals surface area (Å²) in [6.45, 7) is 0. The fraction of sp³-hybridized carbons (Fsp3) is 0.111. The van der Waals surface area contributed by atoms with Crippen LogP contribution < -0.4 is 9.47 Å². The molecule has 0 unspecified atom stereocenters. The number of rotatable bonds is 3. The second-order valence-corrected chi connectivity index (χ2v) is 5.44. The van der Waals surface area contributed by atoms with Crippen LogP contribution in [0.3, 0.4) is 0 Å². The van der Waals surface area contributed by atoms with Crippen molar-refractivity contribution in [3.8, 4) is 17.2 Å². The zero-order chi connectivity index (χ0) is 17.6. The van der Waals surface area contributed by atoms with Crippen molar-refractivity contribution in [2.75, 3.05) is 14.2 Å². The normalized spacial score (nSPS) is 12.6. The Morgan fingerprint density at radius 1 is 0.880 bits per heavy atom. The second kappa shape index (κ2) is 5.55. The van der Waals surface area contributed by atoms with Crippen molar-refractivity contribution < 1.29 is 19.1 Å². The summed E-state index contributed by atoms with van der Waals surface area (Å²) in [5.74, 6) is 0.439. The minimum absolute atomic E-state index is 0.0542. The number of aromatic nitrogens is 3. The van der Waals surface area contributed by atoms with Gasteiger partial charge in [-0.25, -0.2) is 4.68 Å². The average Bonchev–Trinajstić information content (AvgIpc) is 3.11. The van der Waals surface area contributed by atoms with E-state index < -0.39 is 0 Å². The predicted octanol–water partition coefficient (Wildman–Crippen LogP) is 2.06. The van der Waals surface area contributed by atoms with E-state index in [-0.39, 0.29) is 23.0 Å². The van der Waals surface area contributed by atoms with Gasteiger partial charge in [-0.15, -0.1) is 5.10 Å². The second-order valence-electron chi connectivity index (χ2n) is 5.44. The van der Waals surface area contributed by atoms with Crippen LogP contribution in [0.25, 0.3) is 5.69 Å². The number of ketones is 2. The number of methoxy groups -OCH3 is 2. The summed E-state index contributed by atoms with van der Waals surface area (Å²) in [5.41, 5.74) is 1.45. The van der Waals surface area contributed by atoms with E-state index in [2.05, 4.69) is 10.3 Å². The van der Waals surface area contributed by atoms with Gasteiger partial charge in [-0.3, -0.25) is 9.59 Å². The van der Waals surface area contributed by atoms with Crippen molar-refractivity contribution in [3.63, 3.8) is 0 Å². The molecule has 1 aromatic heterocycles. The summed E-state index contributed by atoms with van der Waals surface area (Å²) in [4.78, 5) is 25.5. The number of carbonyl (C=O) groups excluding carboxylic acids is 2. The van der Waals surface area contributed by atoms with E-state index in [0.29, 0.717) is 28.3 Å². The maximum Gasteiger partial charge on any atom is 0.216 e. The van der Waals surface area contributed by atoms with Gasteiger partial charge < -0.3 is 9.47 Å². The molecule has 4 rings (SSSR count). The molecule has 0 saturated heterocycles. The number of ether oxygens (including phenoxy) is 2. The third-order valence-electron chi connectivity index (χ3n) is 4.13. The summed E-state index contributed by atoms with van der Waals surface area (Å²) in [6.07, 6.45) is 0. The summed E-state index contributed by atoms with van der Waals surface area (Å²) < 4.78 is 11.9. The van der Waals surface area contributed by atoms with Crippen molar-refractivity contribution >= 4 is 11.6 Å². The van der Waals surface area contributed by atoms with Crippen LogP contribution in [0.5, 0.6) is 11.5 Å². The van der Waals surface area contributed by atoms with Gasteiger partial charge in [0.15, 0.2) is 17.2 Å². The first kappa shape index (κ1) is 15.1. The molecule has 3 aromatic rings. The molecule has 0 radical (unpaired) electrons. The van der Waals surface area contributed by atoms with Crippen LogP contribution in [0.2, 0.25) is 0 Å². The zero-order valence-electron chi connectivity index (χ0n) is 13.5. The zero-order valence-corrected chi connectivity index (χ0v) is 13.5. The van der Waals surface area contributed by atoms with E-state index in [9.17, 15) is 9.59 Å². The Kier molecular flexibility index (Phi) is 3.35. The minimum atomic E-state index is -0.308. The number of hydrogen-bond donors (Lipinski definition) is 0. The molecule has 7 nitrogen and oxygen atoms in total. The summed E-state index contributed by atoms with van der Waals surface area (Å²) in [7, 11) is 3.05. The fourth-order valence-corrected chi connectivity index (χ4v) is 2.91. The van der Waals surface area contributed by atoms with Gasteiger partial charge in [0.1, 0.15) is 5.69 Å². The lowest BCUT2D eigenvalue weighted by atomic mass is 9.90. The van der Waals surface area contributed by atoms with Crippen LogP contribution in [-0.2, 0) is 0 Å². The highest BCUT2D eigenvalue weighted by atomic mass is 16.5. The average molecular weight is 335 g/mol. The van der Waals surface area contributed by atoms with Gasteiger partial charge in [0.05, 0.1) is 19.9 Å². The molecule has 1 heterocycles. The summed E-state index contributed by atoms with van der Waals surface area (Å²) in [6, 6.07) is 11.8. The summed E-state index contributed by atoms with van der Waals surface area (Å²) >= 11 is 0. The third-order valence-corrected chi connectivity index (χ3v) is 4.13. The van der Waals surface area contributed by atoms with Gasteiger partial charge in [0.2, 0.25) is 11.6 Å². The minimum Gasteiger partial charge on any atom is -0.493 e. The van der Waals surface area contributed by atoms with Crippen molar-refractivity contribution in [2.24, 2.45) is 0 Å². The Hall–Kier alpha value is -3.48. The van der Waals surface area contributed by atoms with Crippen molar-refractivity contribution in [1.29, 1.82) is 0 Å². The van der Waals surface area contributed by atoms with E-state index in [4.69, 9.17) is 9.47 Å². The van der Waals surface area contributed by atoms with Crippen molar-refractivity contribution in [3.05, 3.63) is 65.0 Å². The molecule has 0 atom stereocenters. The number of carbonyl (C=O) groups is 2. The topological polar surface area (TPSA) is 83.3 Å². The van der Waals surface area contributed by atoms with Crippen molar-refractivity contribution in [1.82, 2.24) is 15.0 Å². The molecule has 0 saturated carbocycles. The van der Waals surface area contributed by atoms with Crippen molar-refractivity contribution in [2.45, 2.75) is 0 Å². The maximum atomic E-state index is 12.9. The number of nitrogens with zero attached hydrogens (tertiary/aromatic N) is 3. The molecule has 124 valence electrons. The van der Waals surface area contributed by atoms with Gasteiger partial charge in [0.25, 0.3) is 0 Å². The highest BCUT2D eigenvalue weighted by Crippen LogP contribution is 2.31. The van der Waals surface area contributed by atoms with Crippen LogP contribution in [0.4, 0.5) is 0 Å². The van der Waals surface area contributed by atoms with E-state index in [1.807, 2.05) is 0 Å². The molecule has 0 N–H and O–H groups in total. The largest absolute Gasteiger partial charge is 0.493 e. The molecule has 0 spiro atoms. The molecule has 1 aliphatic carbocycles. The Balaban J connectivity index is 1.90. The van der Waals surface area contributed by atoms with E-state index in [1.54, 1.807) is 42.5 Å². The number of hydrogen-bond acceptors (Lipinski definition) is 6.